The Morgan fingerprint density at radius 3 is 2.41 bits per heavy atom. The highest BCUT2D eigenvalue weighted by Crippen LogP contribution is 2.32. The van der Waals surface area contributed by atoms with Crippen LogP contribution in [0.2, 0.25) is 0 Å². The third-order valence-corrected chi connectivity index (χ3v) is 7.82. The van der Waals surface area contributed by atoms with Gasteiger partial charge in [0.05, 0.1) is 33.1 Å². The molecule has 0 atom stereocenters. The van der Waals surface area contributed by atoms with E-state index in [-0.39, 0.29) is 23.5 Å². The zero-order valence-electron chi connectivity index (χ0n) is 18.1. The van der Waals surface area contributed by atoms with Gasteiger partial charge >= 0.3 is 0 Å². The number of fused-ring (bicyclic) bond motifs is 1. The first-order valence-electron chi connectivity index (χ1n) is 10.8. The molecule has 2 heterocycles. The maximum atomic E-state index is 13.7. The van der Waals surface area contributed by atoms with Crippen molar-refractivity contribution in [1.29, 1.82) is 10.5 Å². The van der Waals surface area contributed by atoms with Crippen molar-refractivity contribution in [3.05, 3.63) is 53.3 Å². The second-order valence-corrected chi connectivity index (χ2v) is 10.2. The van der Waals surface area contributed by atoms with Crippen LogP contribution in [0.3, 0.4) is 0 Å². The molecule has 1 aliphatic heterocycles. The Labute approximate surface area is 196 Å². The minimum atomic E-state index is -3.88. The number of aromatic nitrogens is 2. The van der Waals surface area contributed by atoms with Gasteiger partial charge in [0.25, 0.3) is 0 Å². The lowest BCUT2D eigenvalue weighted by atomic mass is 10.2. The lowest BCUT2D eigenvalue weighted by molar-refractivity contribution is 0.384. The van der Waals surface area contributed by atoms with E-state index in [1.165, 1.54) is 10.4 Å². The Kier molecular flexibility index (Phi) is 5.52. The van der Waals surface area contributed by atoms with Gasteiger partial charge in [-0.05, 0) is 49.2 Å². The molecule has 0 bridgehead atoms. The van der Waals surface area contributed by atoms with Crippen LogP contribution in [0.1, 0.15) is 24.0 Å². The number of piperazine rings is 1. The van der Waals surface area contributed by atoms with E-state index in [0.29, 0.717) is 47.4 Å². The number of benzene rings is 2. The smallest absolute Gasteiger partial charge is 0.243 e. The molecule has 1 aromatic heterocycles. The van der Waals surface area contributed by atoms with Crippen LogP contribution >= 0.6 is 0 Å². The zero-order valence-corrected chi connectivity index (χ0v) is 18.9. The van der Waals surface area contributed by atoms with Crippen molar-refractivity contribution < 1.29 is 12.8 Å². The van der Waals surface area contributed by atoms with E-state index in [0.717, 1.165) is 25.0 Å². The summed E-state index contributed by atoms with van der Waals surface area (Å²) in [5, 5.41) is 21.7. The van der Waals surface area contributed by atoms with E-state index in [2.05, 4.69) is 11.4 Å². The van der Waals surface area contributed by atoms with Gasteiger partial charge in [0.15, 0.2) is 11.6 Å². The molecule has 1 aliphatic carbocycles. The van der Waals surface area contributed by atoms with Crippen LogP contribution in [-0.2, 0) is 10.0 Å². The normalized spacial score (nSPS) is 16.7. The average molecular weight is 478 g/mol. The highest BCUT2D eigenvalue weighted by molar-refractivity contribution is 7.89. The van der Waals surface area contributed by atoms with Crippen molar-refractivity contribution in [1.82, 2.24) is 14.3 Å². The molecule has 1 N–H and O–H groups in total. The molecule has 2 fully saturated rings. The highest BCUT2D eigenvalue weighted by atomic mass is 32.2. The molecule has 9 nitrogen and oxygen atoms in total. The van der Waals surface area contributed by atoms with Crippen LogP contribution in [-0.4, -0.2) is 54.9 Å². The minimum Gasteiger partial charge on any atom is -0.364 e. The quantitative estimate of drug-likeness (QED) is 0.594. The molecular formula is C23H20FN7O2S. The summed E-state index contributed by atoms with van der Waals surface area (Å²) in [5.74, 6) is 0.518. The summed E-state index contributed by atoms with van der Waals surface area (Å²) < 4.78 is 41.1. The second kappa shape index (κ2) is 8.52. The second-order valence-electron chi connectivity index (χ2n) is 8.27. The van der Waals surface area contributed by atoms with E-state index in [1.54, 1.807) is 24.3 Å². The fraction of sp³-hybridized carbons (Fsp3) is 0.304. The van der Waals surface area contributed by atoms with Crippen LogP contribution in [0.5, 0.6) is 0 Å². The Bertz CT molecular complexity index is 1470. The number of nitrogens with one attached hydrogen (secondary N) is 1. The molecule has 2 aromatic carbocycles. The van der Waals surface area contributed by atoms with Crippen LogP contribution in [0.25, 0.3) is 11.0 Å². The van der Waals surface area contributed by atoms with Gasteiger partial charge < -0.3 is 10.2 Å². The number of hydrogen-bond donors (Lipinski definition) is 1. The number of sulfonamides is 1. The van der Waals surface area contributed by atoms with Crippen molar-refractivity contribution in [2.75, 3.05) is 36.4 Å². The fourth-order valence-corrected chi connectivity index (χ4v) is 5.34. The number of nitrogens with zero attached hydrogens (tertiary/aromatic N) is 6. The number of anilines is 2. The van der Waals surface area contributed by atoms with Gasteiger partial charge in [0.1, 0.15) is 11.9 Å². The largest absolute Gasteiger partial charge is 0.364 e. The summed E-state index contributed by atoms with van der Waals surface area (Å²) in [6.07, 6.45) is 2.11. The maximum Gasteiger partial charge on any atom is 0.243 e. The first kappa shape index (κ1) is 22.0. The molecule has 11 heteroatoms. The van der Waals surface area contributed by atoms with Crippen molar-refractivity contribution in [2.24, 2.45) is 0 Å². The Hall–Kier alpha value is -3.80. The van der Waals surface area contributed by atoms with Crippen molar-refractivity contribution in [3.8, 4) is 12.1 Å². The summed E-state index contributed by atoms with van der Waals surface area (Å²) in [6.45, 7) is 1.15. The van der Waals surface area contributed by atoms with Gasteiger partial charge in [0, 0.05) is 32.2 Å². The van der Waals surface area contributed by atoms with E-state index in [9.17, 15) is 18.1 Å². The molecule has 2 aliphatic rings. The number of rotatable bonds is 5. The molecule has 0 amide bonds. The topological polar surface area (TPSA) is 126 Å². The summed E-state index contributed by atoms with van der Waals surface area (Å²) in [7, 11) is -3.88. The van der Waals surface area contributed by atoms with E-state index in [1.807, 2.05) is 4.90 Å². The lowest BCUT2D eigenvalue weighted by Crippen LogP contribution is -2.49. The van der Waals surface area contributed by atoms with E-state index < -0.39 is 15.8 Å². The summed E-state index contributed by atoms with van der Waals surface area (Å²) >= 11 is 0. The van der Waals surface area contributed by atoms with E-state index in [4.69, 9.17) is 15.2 Å². The molecule has 0 radical (unpaired) electrons. The van der Waals surface area contributed by atoms with Crippen molar-refractivity contribution in [2.45, 2.75) is 23.8 Å². The van der Waals surface area contributed by atoms with Crippen LogP contribution in [0.15, 0.2) is 41.3 Å². The standard InChI is InChI=1S/C23H20FN7O2S/c24-19-5-4-18(12-16(19)14-26)34(32,33)31-9-7-30(8-10-31)23-22(27-17-2-3-17)28-20-6-1-15(13-25)11-21(20)29-23/h1,4-6,11-12,17H,2-3,7-10H2,(H,27,28). The van der Waals surface area contributed by atoms with Crippen molar-refractivity contribution in [3.63, 3.8) is 0 Å². The van der Waals surface area contributed by atoms with Crippen LogP contribution < -0.4 is 10.2 Å². The van der Waals surface area contributed by atoms with Gasteiger partial charge in [-0.3, -0.25) is 0 Å². The molecule has 0 unspecified atom stereocenters. The van der Waals surface area contributed by atoms with Gasteiger partial charge in [-0.2, -0.15) is 14.8 Å². The predicted octanol–water partition coefficient (Wildman–Crippen LogP) is 2.60. The first-order chi connectivity index (χ1) is 16.4. The number of nitriles is 2. The monoisotopic (exact) mass is 477 g/mol. The maximum absolute atomic E-state index is 13.7. The Balaban J connectivity index is 1.41. The Morgan fingerprint density at radius 2 is 1.74 bits per heavy atom. The van der Waals surface area contributed by atoms with Gasteiger partial charge in [-0.1, -0.05) is 0 Å². The van der Waals surface area contributed by atoms with Crippen LogP contribution in [0, 0.1) is 28.5 Å². The molecule has 5 rings (SSSR count). The minimum absolute atomic E-state index is 0.107. The molecule has 172 valence electrons. The molecule has 1 saturated carbocycles. The number of hydrogen-bond acceptors (Lipinski definition) is 8. The summed E-state index contributed by atoms with van der Waals surface area (Å²) in [4.78, 5) is 11.4. The molecule has 1 saturated heterocycles. The van der Waals surface area contributed by atoms with E-state index >= 15 is 0 Å². The number of halogens is 1. The Morgan fingerprint density at radius 1 is 0.971 bits per heavy atom. The lowest BCUT2D eigenvalue weighted by Gasteiger charge is -2.35. The van der Waals surface area contributed by atoms with Gasteiger partial charge in [0.2, 0.25) is 10.0 Å². The van der Waals surface area contributed by atoms with Gasteiger partial charge in [-0.15, -0.1) is 0 Å². The molecular weight excluding hydrogens is 457 g/mol. The van der Waals surface area contributed by atoms with Crippen molar-refractivity contribution >= 4 is 32.7 Å². The first-order valence-corrected chi connectivity index (χ1v) is 12.3. The summed E-state index contributed by atoms with van der Waals surface area (Å²) in [6, 6.07) is 12.5. The average Bonchev–Trinajstić information content (AvgIpc) is 3.67. The van der Waals surface area contributed by atoms with Gasteiger partial charge in [-0.25, -0.2) is 22.8 Å². The molecule has 0 spiro atoms. The van der Waals surface area contributed by atoms with Crippen LogP contribution in [0.4, 0.5) is 16.0 Å². The SMILES string of the molecule is N#Cc1ccc2nc(NC3CC3)c(N3CCN(S(=O)(=O)c4ccc(F)c(C#N)c4)CC3)nc2c1. The summed E-state index contributed by atoms with van der Waals surface area (Å²) in [5.41, 5.74) is 1.46. The molecule has 34 heavy (non-hydrogen) atoms. The predicted molar refractivity (Wildman–Crippen MR) is 123 cm³/mol. The highest BCUT2D eigenvalue weighted by Gasteiger charge is 2.31. The fourth-order valence-electron chi connectivity index (χ4n) is 3.89. The third kappa shape index (κ3) is 4.12. The molecule has 3 aromatic rings. The third-order valence-electron chi connectivity index (χ3n) is 5.93. The zero-order chi connectivity index (χ0) is 23.9.